The first-order valence-corrected chi connectivity index (χ1v) is 6.75. The maximum Gasteiger partial charge on any atom is 0.251 e. The van der Waals surface area contributed by atoms with E-state index in [1.54, 1.807) is 14.2 Å². The van der Waals surface area contributed by atoms with Crippen LogP contribution in [0.15, 0.2) is 35.5 Å². The van der Waals surface area contributed by atoms with Gasteiger partial charge in [0.05, 0.1) is 0 Å². The molecule has 0 bridgehead atoms. The summed E-state index contributed by atoms with van der Waals surface area (Å²) in [6.07, 6.45) is 12.4. The number of allylic oxidation sites excluding steroid dienone is 5. The van der Waals surface area contributed by atoms with Crippen LogP contribution in [0.4, 0.5) is 0 Å². The highest BCUT2D eigenvalue weighted by Gasteiger charge is 2.45. The van der Waals surface area contributed by atoms with Crippen LogP contribution in [0, 0.1) is 11.8 Å². The Bertz CT molecular complexity index is 418. The summed E-state index contributed by atoms with van der Waals surface area (Å²) in [5, 5.41) is 3.40. The fourth-order valence-corrected chi connectivity index (χ4v) is 3.59. The minimum absolute atomic E-state index is 0.533. The van der Waals surface area contributed by atoms with E-state index in [0.717, 1.165) is 6.54 Å². The van der Waals surface area contributed by atoms with E-state index in [1.165, 1.54) is 30.4 Å². The van der Waals surface area contributed by atoms with Gasteiger partial charge in [-0.25, -0.2) is 0 Å². The molecule has 2 unspecified atom stereocenters. The lowest BCUT2D eigenvalue weighted by Gasteiger charge is -2.46. The maximum atomic E-state index is 5.70. The molecule has 0 saturated carbocycles. The standard InChI is InChI=1S/C15H21NO2/c1-17-15(18-2)14-12(9-10-16-15)8-7-11-5-3-4-6-13(11)14/h3-6,11-12,16H,7-10H2,1-2H3. The lowest BCUT2D eigenvalue weighted by molar-refractivity contribution is -0.213. The molecule has 2 atom stereocenters. The molecule has 1 N–H and O–H groups in total. The van der Waals surface area contributed by atoms with Crippen LogP contribution >= 0.6 is 0 Å². The third-order valence-electron chi connectivity index (χ3n) is 4.46. The number of rotatable bonds is 2. The van der Waals surface area contributed by atoms with Gasteiger partial charge in [-0.2, -0.15) is 0 Å². The van der Waals surface area contributed by atoms with Gasteiger partial charge in [-0.1, -0.05) is 24.3 Å². The first kappa shape index (κ1) is 12.2. The van der Waals surface area contributed by atoms with Crippen LogP contribution in [-0.4, -0.2) is 26.7 Å². The summed E-state index contributed by atoms with van der Waals surface area (Å²) in [5.74, 6) is 0.409. The van der Waals surface area contributed by atoms with Crippen molar-refractivity contribution in [1.29, 1.82) is 0 Å². The molecule has 0 aromatic heterocycles. The summed E-state index contributed by atoms with van der Waals surface area (Å²) in [5.41, 5.74) is 2.71. The van der Waals surface area contributed by atoms with Gasteiger partial charge in [0.2, 0.25) is 0 Å². The minimum Gasteiger partial charge on any atom is -0.337 e. The summed E-state index contributed by atoms with van der Waals surface area (Å²) >= 11 is 0. The Morgan fingerprint density at radius 3 is 2.78 bits per heavy atom. The third kappa shape index (κ3) is 1.69. The summed E-state index contributed by atoms with van der Waals surface area (Å²) in [6.45, 7) is 0.952. The molecule has 0 spiro atoms. The third-order valence-corrected chi connectivity index (χ3v) is 4.46. The van der Waals surface area contributed by atoms with Crippen LogP contribution in [0.5, 0.6) is 0 Å². The first-order valence-electron chi connectivity index (χ1n) is 6.75. The smallest absolute Gasteiger partial charge is 0.251 e. The SMILES string of the molecule is COC1(OC)NCCC2CCC3C=CC=CC3=C21. The summed E-state index contributed by atoms with van der Waals surface area (Å²) in [7, 11) is 3.44. The predicted molar refractivity (Wildman–Crippen MR) is 70.9 cm³/mol. The number of ether oxygens (including phenoxy) is 2. The van der Waals surface area contributed by atoms with Crippen LogP contribution in [-0.2, 0) is 9.47 Å². The molecule has 1 saturated heterocycles. The van der Waals surface area contributed by atoms with Crippen LogP contribution in [0.3, 0.4) is 0 Å². The second-order valence-electron chi connectivity index (χ2n) is 5.23. The molecule has 1 aliphatic heterocycles. The first-order chi connectivity index (χ1) is 8.80. The zero-order valence-corrected chi connectivity index (χ0v) is 11.1. The molecule has 3 heteroatoms. The topological polar surface area (TPSA) is 30.5 Å². The van der Waals surface area contributed by atoms with Gasteiger partial charge in [-0.05, 0) is 30.8 Å². The van der Waals surface area contributed by atoms with Crippen molar-refractivity contribution in [3.63, 3.8) is 0 Å². The van der Waals surface area contributed by atoms with Crippen molar-refractivity contribution in [2.45, 2.75) is 25.2 Å². The molecule has 1 heterocycles. The van der Waals surface area contributed by atoms with E-state index < -0.39 is 5.91 Å². The molecule has 0 amide bonds. The molecule has 98 valence electrons. The molecule has 2 aliphatic carbocycles. The largest absolute Gasteiger partial charge is 0.337 e. The van der Waals surface area contributed by atoms with Gasteiger partial charge in [-0.3, -0.25) is 5.32 Å². The molecule has 3 nitrogen and oxygen atoms in total. The number of nitrogens with one attached hydrogen (secondary N) is 1. The van der Waals surface area contributed by atoms with Gasteiger partial charge in [0.15, 0.2) is 0 Å². The molecule has 3 aliphatic rings. The average molecular weight is 247 g/mol. The van der Waals surface area contributed by atoms with Crippen molar-refractivity contribution < 1.29 is 9.47 Å². The van der Waals surface area contributed by atoms with E-state index in [0.29, 0.717) is 11.8 Å². The van der Waals surface area contributed by atoms with Crippen molar-refractivity contribution in [3.8, 4) is 0 Å². The normalized spacial score (nSPS) is 33.2. The van der Waals surface area contributed by atoms with Gasteiger partial charge < -0.3 is 9.47 Å². The number of fused-ring (bicyclic) bond motifs is 2. The van der Waals surface area contributed by atoms with Crippen molar-refractivity contribution in [2.24, 2.45) is 11.8 Å². The second-order valence-corrected chi connectivity index (χ2v) is 5.23. The second kappa shape index (κ2) is 4.65. The van der Waals surface area contributed by atoms with Gasteiger partial charge in [0.1, 0.15) is 0 Å². The van der Waals surface area contributed by atoms with Crippen molar-refractivity contribution >= 4 is 0 Å². The highest BCUT2D eigenvalue weighted by molar-refractivity contribution is 5.42. The van der Waals surface area contributed by atoms with E-state index in [1.807, 2.05) is 0 Å². The highest BCUT2D eigenvalue weighted by atomic mass is 16.7. The lowest BCUT2D eigenvalue weighted by atomic mass is 9.71. The Hall–Kier alpha value is -0.900. The van der Waals surface area contributed by atoms with Crippen molar-refractivity contribution in [1.82, 2.24) is 5.32 Å². The molecule has 18 heavy (non-hydrogen) atoms. The van der Waals surface area contributed by atoms with Gasteiger partial charge in [-0.15, -0.1) is 0 Å². The Balaban J connectivity index is 2.11. The van der Waals surface area contributed by atoms with Gasteiger partial charge in [0.25, 0.3) is 5.91 Å². The van der Waals surface area contributed by atoms with E-state index in [2.05, 4.69) is 29.6 Å². The number of methoxy groups -OCH3 is 2. The summed E-state index contributed by atoms with van der Waals surface area (Å²) < 4.78 is 11.4. The minimum atomic E-state index is -0.716. The molecule has 1 fully saturated rings. The quantitative estimate of drug-likeness (QED) is 0.760. The van der Waals surface area contributed by atoms with Crippen molar-refractivity contribution in [2.75, 3.05) is 20.8 Å². The van der Waals surface area contributed by atoms with Crippen molar-refractivity contribution in [3.05, 3.63) is 35.5 Å². The van der Waals surface area contributed by atoms with Crippen LogP contribution < -0.4 is 5.32 Å². The molecule has 3 rings (SSSR count). The number of hydrogen-bond acceptors (Lipinski definition) is 3. The molecule has 0 aromatic carbocycles. The van der Waals surface area contributed by atoms with E-state index in [4.69, 9.17) is 9.47 Å². The lowest BCUT2D eigenvalue weighted by Crippen LogP contribution is -2.57. The zero-order chi connectivity index (χ0) is 12.6. The summed E-state index contributed by atoms with van der Waals surface area (Å²) in [4.78, 5) is 0. The average Bonchev–Trinajstić information content (AvgIpc) is 2.46. The monoisotopic (exact) mass is 247 g/mol. The maximum absolute atomic E-state index is 5.70. The Labute approximate surface area is 109 Å². The van der Waals surface area contributed by atoms with Crippen LogP contribution in [0.2, 0.25) is 0 Å². The number of hydrogen-bond donors (Lipinski definition) is 1. The Morgan fingerprint density at radius 1 is 1.17 bits per heavy atom. The van der Waals surface area contributed by atoms with E-state index in [-0.39, 0.29) is 0 Å². The number of piperidine rings is 1. The van der Waals surface area contributed by atoms with E-state index >= 15 is 0 Å². The Kier molecular flexibility index (Phi) is 3.14. The highest BCUT2D eigenvalue weighted by Crippen LogP contribution is 2.45. The van der Waals surface area contributed by atoms with Gasteiger partial charge in [0, 0.05) is 32.3 Å². The molecule has 0 aromatic rings. The molecule has 0 radical (unpaired) electrons. The molecular weight excluding hydrogens is 226 g/mol. The predicted octanol–water partition coefficient (Wildman–Crippen LogP) is 2.38. The van der Waals surface area contributed by atoms with Crippen LogP contribution in [0.1, 0.15) is 19.3 Å². The van der Waals surface area contributed by atoms with E-state index in [9.17, 15) is 0 Å². The fraction of sp³-hybridized carbons (Fsp3) is 0.600. The van der Waals surface area contributed by atoms with Crippen LogP contribution in [0.25, 0.3) is 0 Å². The fourth-order valence-electron chi connectivity index (χ4n) is 3.59. The zero-order valence-electron chi connectivity index (χ0n) is 11.1. The molecular formula is C15H21NO2. The van der Waals surface area contributed by atoms with Gasteiger partial charge >= 0.3 is 0 Å². The summed E-state index contributed by atoms with van der Waals surface area (Å²) in [6, 6.07) is 0. The Morgan fingerprint density at radius 2 is 2.00 bits per heavy atom.